The Hall–Kier alpha value is -1.28. The fourth-order valence-electron chi connectivity index (χ4n) is 1.50. The van der Waals surface area contributed by atoms with Crippen molar-refractivity contribution in [1.82, 2.24) is 9.88 Å². The highest BCUT2D eigenvalue weighted by Gasteiger charge is 2.21. The third-order valence-corrected chi connectivity index (χ3v) is 4.79. The molecule has 0 saturated carbocycles. The zero-order chi connectivity index (χ0) is 14.9. The average Bonchev–Trinajstić information content (AvgIpc) is 2.79. The van der Waals surface area contributed by atoms with Gasteiger partial charge in [-0.3, -0.25) is 0 Å². The van der Waals surface area contributed by atoms with Crippen molar-refractivity contribution < 1.29 is 12.9 Å². The molecule has 0 bridgehead atoms. The van der Waals surface area contributed by atoms with Crippen molar-refractivity contribution in [2.24, 2.45) is 0 Å². The second-order valence-corrected chi connectivity index (χ2v) is 6.55. The molecule has 2 aromatic rings. The average molecular weight is 336 g/mol. The molecule has 0 aliphatic rings. The summed E-state index contributed by atoms with van der Waals surface area (Å²) >= 11 is 11.7. The Balaban J connectivity index is 2.25. The van der Waals surface area contributed by atoms with E-state index in [-0.39, 0.29) is 27.2 Å². The molecule has 3 N–H and O–H groups in total. The number of aryl methyl sites for hydroxylation is 1. The van der Waals surface area contributed by atoms with E-state index in [1.807, 2.05) is 0 Å². The van der Waals surface area contributed by atoms with E-state index in [9.17, 15) is 8.42 Å². The molecule has 0 aliphatic carbocycles. The molecule has 0 fully saturated rings. The number of rotatable bonds is 4. The number of hydrogen-bond donors (Lipinski definition) is 2. The zero-order valence-electron chi connectivity index (χ0n) is 10.4. The molecule has 108 valence electrons. The first kappa shape index (κ1) is 15.1. The molecule has 0 amide bonds. The lowest BCUT2D eigenvalue weighted by Gasteiger charge is -2.09. The van der Waals surface area contributed by atoms with Gasteiger partial charge in [-0.2, -0.15) is 0 Å². The summed E-state index contributed by atoms with van der Waals surface area (Å²) in [7, 11) is -3.83. The van der Waals surface area contributed by atoms with E-state index >= 15 is 0 Å². The minimum atomic E-state index is -3.83. The summed E-state index contributed by atoms with van der Waals surface area (Å²) in [6.45, 7) is 1.69. The molecule has 1 aromatic heterocycles. The van der Waals surface area contributed by atoms with Crippen LogP contribution in [0.15, 0.2) is 27.6 Å². The Morgan fingerprint density at radius 2 is 2.10 bits per heavy atom. The Morgan fingerprint density at radius 3 is 2.70 bits per heavy atom. The number of nitrogens with zero attached hydrogens (tertiary/aromatic N) is 1. The lowest BCUT2D eigenvalue weighted by atomic mass is 10.3. The monoisotopic (exact) mass is 335 g/mol. The van der Waals surface area contributed by atoms with E-state index in [4.69, 9.17) is 33.5 Å². The second-order valence-electron chi connectivity index (χ2n) is 4.03. The number of halogens is 2. The summed E-state index contributed by atoms with van der Waals surface area (Å²) in [6, 6.07) is 4.28. The maximum atomic E-state index is 12.1. The van der Waals surface area contributed by atoms with Gasteiger partial charge < -0.3 is 10.3 Å². The van der Waals surface area contributed by atoms with Crippen LogP contribution < -0.4 is 10.5 Å². The number of sulfonamides is 1. The first-order valence-electron chi connectivity index (χ1n) is 5.46. The Kier molecular flexibility index (Phi) is 4.24. The van der Waals surface area contributed by atoms with E-state index < -0.39 is 10.0 Å². The normalized spacial score (nSPS) is 11.8. The van der Waals surface area contributed by atoms with Crippen LogP contribution in [0.2, 0.25) is 10.0 Å². The van der Waals surface area contributed by atoms with Crippen molar-refractivity contribution >= 4 is 38.9 Å². The third-order valence-electron chi connectivity index (χ3n) is 2.49. The lowest BCUT2D eigenvalue weighted by Crippen LogP contribution is -2.23. The molecule has 9 heteroatoms. The summed E-state index contributed by atoms with van der Waals surface area (Å²) in [4.78, 5) is -0.141. The highest BCUT2D eigenvalue weighted by atomic mass is 35.5. The molecule has 20 heavy (non-hydrogen) atoms. The molecule has 0 aliphatic heterocycles. The smallest absolute Gasteiger partial charge is 0.242 e. The standard InChI is InChI=1S/C11H11Cl2N3O3S/c1-6-4-7(19-16-6)5-15-20(17,18)9-3-2-8(12)11(14)10(9)13/h2-4,15H,5,14H2,1H3. The van der Waals surface area contributed by atoms with Crippen molar-refractivity contribution in [3.05, 3.63) is 39.7 Å². The van der Waals surface area contributed by atoms with Crippen molar-refractivity contribution in [2.75, 3.05) is 5.73 Å². The number of nitrogens with one attached hydrogen (secondary N) is 1. The van der Waals surface area contributed by atoms with Gasteiger partial charge in [0.1, 0.15) is 4.90 Å². The van der Waals surface area contributed by atoms with Crippen molar-refractivity contribution in [3.8, 4) is 0 Å². The molecule has 2 rings (SSSR count). The highest BCUT2D eigenvalue weighted by Crippen LogP contribution is 2.32. The first-order valence-corrected chi connectivity index (χ1v) is 7.70. The number of hydrogen-bond acceptors (Lipinski definition) is 5. The van der Waals surface area contributed by atoms with Gasteiger partial charge in [-0.1, -0.05) is 28.4 Å². The SMILES string of the molecule is Cc1cc(CNS(=O)(=O)c2ccc(Cl)c(N)c2Cl)on1. The van der Waals surface area contributed by atoms with Crippen LogP contribution in [0.1, 0.15) is 11.5 Å². The van der Waals surface area contributed by atoms with Crippen molar-refractivity contribution in [1.29, 1.82) is 0 Å². The first-order chi connectivity index (χ1) is 9.31. The fraction of sp³-hybridized carbons (Fsp3) is 0.182. The molecular formula is C11H11Cl2N3O3S. The molecule has 0 unspecified atom stereocenters. The van der Waals surface area contributed by atoms with Gasteiger partial charge in [0.2, 0.25) is 10.0 Å². The summed E-state index contributed by atoms with van der Waals surface area (Å²) < 4.78 is 31.5. The molecule has 0 radical (unpaired) electrons. The van der Waals surface area contributed by atoms with E-state index in [0.717, 1.165) is 0 Å². The Labute approximate surface area is 125 Å². The maximum absolute atomic E-state index is 12.1. The Bertz CT molecular complexity index is 743. The topological polar surface area (TPSA) is 98.2 Å². The molecule has 0 saturated heterocycles. The van der Waals surface area contributed by atoms with Crippen LogP contribution in [-0.2, 0) is 16.6 Å². The van der Waals surface area contributed by atoms with Gasteiger partial charge in [0.25, 0.3) is 0 Å². The van der Waals surface area contributed by atoms with Crippen LogP contribution in [0, 0.1) is 6.92 Å². The number of nitrogen functional groups attached to an aromatic ring is 1. The number of benzene rings is 1. The summed E-state index contributed by atoms with van der Waals surface area (Å²) in [5.41, 5.74) is 6.29. The van der Waals surface area contributed by atoms with Gasteiger partial charge in [0.05, 0.1) is 28.0 Å². The quantitative estimate of drug-likeness (QED) is 0.835. The summed E-state index contributed by atoms with van der Waals surface area (Å²) in [5, 5.41) is 3.74. The second kappa shape index (κ2) is 5.61. The van der Waals surface area contributed by atoms with Crippen LogP contribution >= 0.6 is 23.2 Å². The number of aromatic nitrogens is 1. The van der Waals surface area contributed by atoms with E-state index in [1.165, 1.54) is 12.1 Å². The minimum Gasteiger partial charge on any atom is -0.396 e. The van der Waals surface area contributed by atoms with Gasteiger partial charge in [-0.05, 0) is 19.1 Å². The third kappa shape index (κ3) is 3.06. The van der Waals surface area contributed by atoms with Crippen LogP contribution in [0.25, 0.3) is 0 Å². The van der Waals surface area contributed by atoms with E-state index in [0.29, 0.717) is 11.5 Å². The lowest BCUT2D eigenvalue weighted by molar-refractivity contribution is 0.377. The number of anilines is 1. The fourth-order valence-corrected chi connectivity index (χ4v) is 3.26. The predicted octanol–water partition coefficient (Wildman–Crippen LogP) is 2.35. The highest BCUT2D eigenvalue weighted by molar-refractivity contribution is 7.89. The van der Waals surface area contributed by atoms with E-state index in [1.54, 1.807) is 13.0 Å². The van der Waals surface area contributed by atoms with E-state index in [2.05, 4.69) is 9.88 Å². The van der Waals surface area contributed by atoms with Gasteiger partial charge in [0, 0.05) is 6.07 Å². The van der Waals surface area contributed by atoms with Gasteiger partial charge >= 0.3 is 0 Å². The van der Waals surface area contributed by atoms with Gasteiger partial charge in [-0.25, -0.2) is 13.1 Å². The van der Waals surface area contributed by atoms with Crippen LogP contribution in [0.3, 0.4) is 0 Å². The molecule has 0 atom stereocenters. The summed E-state index contributed by atoms with van der Waals surface area (Å²) in [6.07, 6.45) is 0. The summed E-state index contributed by atoms with van der Waals surface area (Å²) in [5.74, 6) is 0.393. The maximum Gasteiger partial charge on any atom is 0.242 e. The molecular weight excluding hydrogens is 325 g/mol. The van der Waals surface area contributed by atoms with Crippen molar-refractivity contribution in [3.63, 3.8) is 0 Å². The van der Waals surface area contributed by atoms with Crippen LogP contribution in [0.5, 0.6) is 0 Å². The molecule has 1 aromatic carbocycles. The van der Waals surface area contributed by atoms with Crippen LogP contribution in [-0.4, -0.2) is 13.6 Å². The van der Waals surface area contributed by atoms with Gasteiger partial charge in [0.15, 0.2) is 5.76 Å². The predicted molar refractivity (Wildman–Crippen MR) is 76.1 cm³/mol. The molecule has 1 heterocycles. The molecule has 6 nitrogen and oxygen atoms in total. The molecule has 0 spiro atoms. The van der Waals surface area contributed by atoms with Crippen LogP contribution in [0.4, 0.5) is 5.69 Å². The zero-order valence-corrected chi connectivity index (χ0v) is 12.7. The van der Waals surface area contributed by atoms with Gasteiger partial charge in [-0.15, -0.1) is 0 Å². The largest absolute Gasteiger partial charge is 0.396 e. The Morgan fingerprint density at radius 1 is 1.40 bits per heavy atom. The number of nitrogens with two attached hydrogens (primary N) is 1. The minimum absolute atomic E-state index is 0.0201. The van der Waals surface area contributed by atoms with Crippen molar-refractivity contribution in [2.45, 2.75) is 18.4 Å².